The van der Waals surface area contributed by atoms with Crippen molar-refractivity contribution in [3.63, 3.8) is 0 Å². The Morgan fingerprint density at radius 3 is 2.47 bits per heavy atom. The molecule has 1 aromatic carbocycles. The molecule has 4 nitrogen and oxygen atoms in total. The number of carboxylic acids is 1. The molecule has 94 valence electrons. The van der Waals surface area contributed by atoms with E-state index < -0.39 is 11.5 Å². The summed E-state index contributed by atoms with van der Waals surface area (Å²) in [6.07, 6.45) is 1.64. The summed E-state index contributed by atoms with van der Waals surface area (Å²) < 4.78 is 5.28. The van der Waals surface area contributed by atoms with Gasteiger partial charge in [0.2, 0.25) is 0 Å². The topological polar surface area (TPSA) is 72.5 Å². The Bertz CT molecular complexity index is 387. The minimum Gasteiger partial charge on any atom is -0.490 e. The average molecular weight is 258 g/mol. The maximum Gasteiger partial charge on any atom is 0.328 e. The summed E-state index contributed by atoms with van der Waals surface area (Å²) >= 11 is 0. The molecule has 0 bridgehead atoms. The van der Waals surface area contributed by atoms with Crippen LogP contribution in [0.25, 0.3) is 0 Å². The van der Waals surface area contributed by atoms with Crippen molar-refractivity contribution >= 4 is 18.4 Å². The van der Waals surface area contributed by atoms with Crippen molar-refractivity contribution in [2.24, 2.45) is 5.73 Å². The summed E-state index contributed by atoms with van der Waals surface area (Å²) in [5, 5.41) is 8.94. The molecule has 0 saturated heterocycles. The van der Waals surface area contributed by atoms with Gasteiger partial charge in [-0.2, -0.15) is 0 Å². The number of carboxylic acid groups (broad SMARTS) is 1. The quantitative estimate of drug-likeness (QED) is 0.791. The van der Waals surface area contributed by atoms with E-state index in [2.05, 4.69) is 6.58 Å². The van der Waals surface area contributed by atoms with E-state index in [1.807, 2.05) is 0 Å². The third-order valence-electron chi connectivity index (χ3n) is 2.27. The zero-order valence-corrected chi connectivity index (χ0v) is 10.4. The highest BCUT2D eigenvalue weighted by atomic mass is 35.5. The van der Waals surface area contributed by atoms with Gasteiger partial charge >= 0.3 is 5.97 Å². The normalized spacial score (nSPS) is 13.1. The second-order valence-electron chi connectivity index (χ2n) is 3.63. The molecule has 17 heavy (non-hydrogen) atoms. The molecular formula is C12H16ClNO3. The zero-order valence-electron chi connectivity index (χ0n) is 9.55. The second-order valence-corrected chi connectivity index (χ2v) is 3.63. The lowest BCUT2D eigenvalue weighted by molar-refractivity contribution is -0.143. The van der Waals surface area contributed by atoms with Crippen molar-refractivity contribution in [2.75, 3.05) is 6.61 Å². The first-order valence-corrected chi connectivity index (χ1v) is 4.85. The van der Waals surface area contributed by atoms with Crippen LogP contribution in [-0.2, 0) is 10.3 Å². The Morgan fingerprint density at radius 2 is 2.06 bits per heavy atom. The lowest BCUT2D eigenvalue weighted by Gasteiger charge is -2.19. The number of nitrogens with two attached hydrogens (primary N) is 1. The highest BCUT2D eigenvalue weighted by Crippen LogP contribution is 2.21. The Kier molecular flexibility index (Phi) is 5.71. The van der Waals surface area contributed by atoms with Gasteiger partial charge in [0.1, 0.15) is 17.9 Å². The fourth-order valence-electron chi connectivity index (χ4n) is 1.18. The molecule has 1 atom stereocenters. The van der Waals surface area contributed by atoms with Gasteiger partial charge in [0, 0.05) is 0 Å². The fourth-order valence-corrected chi connectivity index (χ4v) is 1.18. The first-order valence-electron chi connectivity index (χ1n) is 4.85. The van der Waals surface area contributed by atoms with Crippen LogP contribution in [0, 0.1) is 0 Å². The molecule has 5 heteroatoms. The van der Waals surface area contributed by atoms with E-state index in [-0.39, 0.29) is 12.4 Å². The van der Waals surface area contributed by atoms with E-state index in [4.69, 9.17) is 15.6 Å². The Morgan fingerprint density at radius 1 is 1.53 bits per heavy atom. The molecule has 0 saturated carbocycles. The summed E-state index contributed by atoms with van der Waals surface area (Å²) in [6, 6.07) is 6.67. The minimum absolute atomic E-state index is 0. The highest BCUT2D eigenvalue weighted by molar-refractivity contribution is 5.85. The number of rotatable bonds is 5. The van der Waals surface area contributed by atoms with E-state index in [9.17, 15) is 4.79 Å². The van der Waals surface area contributed by atoms with E-state index >= 15 is 0 Å². The number of halogens is 1. The molecule has 3 N–H and O–H groups in total. The van der Waals surface area contributed by atoms with Crippen LogP contribution < -0.4 is 10.5 Å². The van der Waals surface area contributed by atoms with Gasteiger partial charge in [0.05, 0.1) is 0 Å². The number of hydrogen-bond donors (Lipinski definition) is 2. The van der Waals surface area contributed by atoms with Crippen molar-refractivity contribution in [1.82, 2.24) is 0 Å². The summed E-state index contributed by atoms with van der Waals surface area (Å²) in [5.74, 6) is -0.405. The van der Waals surface area contributed by atoms with Crippen molar-refractivity contribution in [1.29, 1.82) is 0 Å². The standard InChI is InChI=1S/C12H15NO3.ClH/c1-3-8-16-10-6-4-9(5-7-10)12(2,13)11(14)15;/h3-7H,1,8,13H2,2H3,(H,14,15);1H. The highest BCUT2D eigenvalue weighted by Gasteiger charge is 2.29. The number of hydrogen-bond acceptors (Lipinski definition) is 3. The van der Waals surface area contributed by atoms with Gasteiger partial charge in [0.15, 0.2) is 0 Å². The van der Waals surface area contributed by atoms with E-state index in [0.29, 0.717) is 17.9 Å². The molecule has 0 aromatic heterocycles. The molecule has 0 aliphatic carbocycles. The molecular weight excluding hydrogens is 242 g/mol. The summed E-state index contributed by atoms with van der Waals surface area (Å²) in [4.78, 5) is 10.9. The largest absolute Gasteiger partial charge is 0.490 e. The van der Waals surface area contributed by atoms with E-state index in [1.54, 1.807) is 30.3 Å². The maximum absolute atomic E-state index is 10.9. The molecule has 0 spiro atoms. The van der Waals surface area contributed by atoms with Crippen LogP contribution in [0.4, 0.5) is 0 Å². The van der Waals surface area contributed by atoms with E-state index in [0.717, 1.165) is 0 Å². The summed E-state index contributed by atoms with van der Waals surface area (Å²) in [6.45, 7) is 5.40. The molecule has 0 fully saturated rings. The van der Waals surface area contributed by atoms with E-state index in [1.165, 1.54) is 6.92 Å². The van der Waals surface area contributed by atoms with Gasteiger partial charge in [-0.3, -0.25) is 0 Å². The average Bonchev–Trinajstić information content (AvgIpc) is 2.26. The SMILES string of the molecule is C=CCOc1ccc(C(C)(N)C(=O)O)cc1.Cl. The van der Waals surface area contributed by atoms with Gasteiger partial charge in [0.25, 0.3) is 0 Å². The molecule has 1 unspecified atom stereocenters. The van der Waals surface area contributed by atoms with Crippen molar-refractivity contribution in [2.45, 2.75) is 12.5 Å². The number of ether oxygens (including phenoxy) is 1. The maximum atomic E-state index is 10.9. The Hall–Kier alpha value is -1.52. The van der Waals surface area contributed by atoms with Gasteiger partial charge < -0.3 is 15.6 Å². The van der Waals surface area contributed by atoms with Crippen molar-refractivity contribution in [3.05, 3.63) is 42.5 Å². The lowest BCUT2D eigenvalue weighted by Crippen LogP contribution is -2.41. The fraction of sp³-hybridized carbons (Fsp3) is 0.250. The third kappa shape index (κ3) is 3.76. The smallest absolute Gasteiger partial charge is 0.328 e. The third-order valence-corrected chi connectivity index (χ3v) is 2.27. The predicted molar refractivity (Wildman–Crippen MR) is 68.6 cm³/mol. The van der Waals surface area contributed by atoms with Gasteiger partial charge in [-0.05, 0) is 24.6 Å². The number of aliphatic carboxylic acids is 1. The monoisotopic (exact) mass is 257 g/mol. The summed E-state index contributed by atoms with van der Waals surface area (Å²) in [7, 11) is 0. The molecule has 0 amide bonds. The van der Waals surface area contributed by atoms with Crippen molar-refractivity contribution in [3.8, 4) is 5.75 Å². The molecule has 0 radical (unpaired) electrons. The van der Waals surface area contributed by atoms with Crippen LogP contribution in [0.15, 0.2) is 36.9 Å². The first kappa shape index (κ1) is 15.5. The number of carbonyl (C=O) groups is 1. The molecule has 0 aliphatic heterocycles. The molecule has 1 rings (SSSR count). The second kappa shape index (κ2) is 6.27. The summed E-state index contributed by atoms with van der Waals surface area (Å²) in [5.41, 5.74) is 4.83. The molecule has 0 heterocycles. The van der Waals surface area contributed by atoms with Crippen LogP contribution in [0.1, 0.15) is 12.5 Å². The van der Waals surface area contributed by atoms with Crippen LogP contribution >= 0.6 is 12.4 Å². The van der Waals surface area contributed by atoms with Crippen LogP contribution in [0.2, 0.25) is 0 Å². The Balaban J connectivity index is 0.00000256. The van der Waals surface area contributed by atoms with Crippen LogP contribution in [0.5, 0.6) is 5.75 Å². The predicted octanol–water partition coefficient (Wildman–Crippen LogP) is 1.93. The minimum atomic E-state index is -1.38. The molecule has 0 aliphatic rings. The van der Waals surface area contributed by atoms with Gasteiger partial charge in [-0.1, -0.05) is 24.8 Å². The van der Waals surface area contributed by atoms with Crippen LogP contribution in [0.3, 0.4) is 0 Å². The zero-order chi connectivity index (χ0) is 12.2. The Labute approximate surface area is 106 Å². The first-order chi connectivity index (χ1) is 7.48. The van der Waals surface area contributed by atoms with Crippen LogP contribution in [-0.4, -0.2) is 17.7 Å². The lowest BCUT2D eigenvalue weighted by atomic mass is 9.93. The molecule has 1 aromatic rings. The van der Waals surface area contributed by atoms with Gasteiger partial charge in [-0.15, -0.1) is 12.4 Å². The van der Waals surface area contributed by atoms with Crippen molar-refractivity contribution < 1.29 is 14.6 Å². The van der Waals surface area contributed by atoms with Gasteiger partial charge in [-0.25, -0.2) is 4.79 Å². The number of benzene rings is 1.